The lowest BCUT2D eigenvalue weighted by Crippen LogP contribution is -2.34. The lowest BCUT2D eigenvalue weighted by Gasteiger charge is -2.26. The van der Waals surface area contributed by atoms with Gasteiger partial charge in [-0.05, 0) is 31.7 Å². The molecular weight excluding hydrogens is 310 g/mol. The molecule has 0 saturated carbocycles. The molecule has 2 aromatic carbocycles. The fourth-order valence-electron chi connectivity index (χ4n) is 3.03. The molecular formula is C18H22ClN3O. The Hall–Kier alpha value is -1.88. The van der Waals surface area contributed by atoms with Crippen molar-refractivity contribution in [3.8, 4) is 0 Å². The van der Waals surface area contributed by atoms with E-state index in [9.17, 15) is 5.11 Å². The Bertz CT molecular complexity index is 757. The minimum absolute atomic E-state index is 0. The van der Waals surface area contributed by atoms with Gasteiger partial charge in [0.05, 0.1) is 23.2 Å². The maximum absolute atomic E-state index is 10.7. The summed E-state index contributed by atoms with van der Waals surface area (Å²) < 4.78 is 2.13. The fraction of sp³-hybridized carbons (Fsp3) is 0.278. The molecule has 4 nitrogen and oxygen atoms in total. The van der Waals surface area contributed by atoms with E-state index in [1.807, 2.05) is 50.4 Å². The van der Waals surface area contributed by atoms with Crippen LogP contribution in [0.1, 0.15) is 17.4 Å². The van der Waals surface area contributed by atoms with Crippen molar-refractivity contribution in [2.75, 3.05) is 13.6 Å². The van der Waals surface area contributed by atoms with E-state index in [-0.39, 0.29) is 18.4 Å². The molecule has 3 aromatic rings. The first-order valence-corrected chi connectivity index (χ1v) is 7.53. The Morgan fingerprint density at radius 1 is 1.09 bits per heavy atom. The molecule has 0 radical (unpaired) electrons. The number of fused-ring (bicyclic) bond motifs is 1. The number of aryl methyl sites for hydroxylation is 1. The molecule has 3 rings (SSSR count). The Morgan fingerprint density at radius 2 is 1.74 bits per heavy atom. The molecule has 23 heavy (non-hydrogen) atoms. The third-order valence-electron chi connectivity index (χ3n) is 3.97. The molecule has 5 heteroatoms. The molecule has 0 aliphatic rings. The molecule has 2 atom stereocenters. The van der Waals surface area contributed by atoms with E-state index in [4.69, 9.17) is 0 Å². The van der Waals surface area contributed by atoms with E-state index in [0.29, 0.717) is 6.54 Å². The van der Waals surface area contributed by atoms with Crippen LogP contribution < -0.4 is 5.32 Å². The van der Waals surface area contributed by atoms with Gasteiger partial charge in [0.25, 0.3) is 0 Å². The SMILES string of the molecule is CNCC(O)C(c1ccccc1)n1c(C)nc2ccccc21.Cl. The molecule has 2 N–H and O–H groups in total. The topological polar surface area (TPSA) is 50.1 Å². The van der Waals surface area contributed by atoms with Gasteiger partial charge < -0.3 is 15.0 Å². The zero-order valence-electron chi connectivity index (χ0n) is 13.3. The van der Waals surface area contributed by atoms with Crippen molar-refractivity contribution in [3.63, 3.8) is 0 Å². The maximum Gasteiger partial charge on any atom is 0.107 e. The summed E-state index contributed by atoms with van der Waals surface area (Å²) >= 11 is 0. The Morgan fingerprint density at radius 3 is 2.43 bits per heavy atom. The average molecular weight is 332 g/mol. The summed E-state index contributed by atoms with van der Waals surface area (Å²) in [5.74, 6) is 0.908. The Balaban J connectivity index is 0.00000192. The van der Waals surface area contributed by atoms with E-state index >= 15 is 0 Å². The molecule has 0 bridgehead atoms. The van der Waals surface area contributed by atoms with Gasteiger partial charge in [-0.15, -0.1) is 12.4 Å². The highest BCUT2D eigenvalue weighted by atomic mass is 35.5. The van der Waals surface area contributed by atoms with Gasteiger partial charge in [-0.2, -0.15) is 0 Å². The number of benzene rings is 2. The van der Waals surface area contributed by atoms with Gasteiger partial charge in [0, 0.05) is 6.54 Å². The first-order valence-electron chi connectivity index (χ1n) is 7.53. The van der Waals surface area contributed by atoms with Gasteiger partial charge >= 0.3 is 0 Å². The fourth-order valence-corrected chi connectivity index (χ4v) is 3.03. The van der Waals surface area contributed by atoms with Crippen LogP contribution in [0.4, 0.5) is 0 Å². The van der Waals surface area contributed by atoms with Crippen LogP contribution in [-0.2, 0) is 0 Å². The van der Waals surface area contributed by atoms with Crippen LogP contribution >= 0.6 is 12.4 Å². The van der Waals surface area contributed by atoms with Crippen LogP contribution in [-0.4, -0.2) is 34.4 Å². The lowest BCUT2D eigenvalue weighted by atomic mass is 10.0. The molecule has 0 amide bonds. The minimum atomic E-state index is -0.538. The number of para-hydroxylation sites is 2. The predicted octanol–water partition coefficient (Wildman–Crippen LogP) is 2.94. The smallest absolute Gasteiger partial charge is 0.107 e. The van der Waals surface area contributed by atoms with Gasteiger partial charge in [0.15, 0.2) is 0 Å². The number of hydrogen-bond donors (Lipinski definition) is 2. The largest absolute Gasteiger partial charge is 0.389 e. The van der Waals surface area contributed by atoms with E-state index < -0.39 is 6.10 Å². The first kappa shape index (κ1) is 17.5. The number of aliphatic hydroxyl groups excluding tert-OH is 1. The second-order valence-corrected chi connectivity index (χ2v) is 5.50. The highest BCUT2D eigenvalue weighted by Gasteiger charge is 2.25. The molecule has 0 aliphatic carbocycles. The predicted molar refractivity (Wildman–Crippen MR) is 96.2 cm³/mol. The second kappa shape index (κ2) is 7.59. The number of aliphatic hydroxyl groups is 1. The number of nitrogens with one attached hydrogen (secondary N) is 1. The van der Waals surface area contributed by atoms with Crippen molar-refractivity contribution < 1.29 is 5.11 Å². The molecule has 0 spiro atoms. The third-order valence-corrected chi connectivity index (χ3v) is 3.97. The summed E-state index contributed by atoms with van der Waals surface area (Å²) in [7, 11) is 1.85. The van der Waals surface area contributed by atoms with Crippen molar-refractivity contribution in [2.45, 2.75) is 19.1 Å². The van der Waals surface area contributed by atoms with Gasteiger partial charge in [-0.25, -0.2) is 4.98 Å². The van der Waals surface area contributed by atoms with Crippen LogP contribution in [0.5, 0.6) is 0 Å². The van der Waals surface area contributed by atoms with Crippen molar-refractivity contribution in [3.05, 3.63) is 66.0 Å². The zero-order chi connectivity index (χ0) is 15.5. The van der Waals surface area contributed by atoms with Crippen LogP contribution in [0.25, 0.3) is 11.0 Å². The summed E-state index contributed by atoms with van der Waals surface area (Å²) in [4.78, 5) is 4.63. The van der Waals surface area contributed by atoms with Crippen molar-refractivity contribution >= 4 is 23.4 Å². The van der Waals surface area contributed by atoms with Crippen LogP contribution in [0.3, 0.4) is 0 Å². The summed E-state index contributed by atoms with van der Waals surface area (Å²) in [6.45, 7) is 2.51. The van der Waals surface area contributed by atoms with Crippen LogP contribution in [0, 0.1) is 6.92 Å². The molecule has 1 heterocycles. The second-order valence-electron chi connectivity index (χ2n) is 5.50. The van der Waals surface area contributed by atoms with Crippen molar-refractivity contribution in [1.29, 1.82) is 0 Å². The van der Waals surface area contributed by atoms with E-state index in [2.05, 4.69) is 33.1 Å². The van der Waals surface area contributed by atoms with E-state index in [1.165, 1.54) is 0 Å². The minimum Gasteiger partial charge on any atom is -0.389 e. The van der Waals surface area contributed by atoms with Crippen molar-refractivity contribution in [1.82, 2.24) is 14.9 Å². The molecule has 0 fully saturated rings. The Labute approximate surface area is 142 Å². The summed E-state index contributed by atoms with van der Waals surface area (Å²) in [5.41, 5.74) is 3.08. The number of aromatic nitrogens is 2. The van der Waals surface area contributed by atoms with Gasteiger partial charge in [0.1, 0.15) is 5.82 Å². The molecule has 1 aromatic heterocycles. The van der Waals surface area contributed by atoms with Crippen LogP contribution in [0.2, 0.25) is 0 Å². The first-order chi connectivity index (χ1) is 10.7. The number of likely N-dealkylation sites (N-methyl/N-ethyl adjacent to an activating group) is 1. The molecule has 0 saturated heterocycles. The maximum atomic E-state index is 10.7. The van der Waals surface area contributed by atoms with Gasteiger partial charge in [-0.1, -0.05) is 42.5 Å². The molecule has 0 aliphatic heterocycles. The quantitative estimate of drug-likeness (QED) is 0.755. The van der Waals surface area contributed by atoms with Crippen LogP contribution in [0.15, 0.2) is 54.6 Å². The van der Waals surface area contributed by atoms with Gasteiger partial charge in [0.2, 0.25) is 0 Å². The standard InChI is InChI=1S/C18H21N3O.ClH/c1-13-20-15-10-6-7-11-16(15)21(13)18(17(22)12-19-2)14-8-4-3-5-9-14;/h3-11,17-19,22H,12H2,1-2H3;1H. The Kier molecular flexibility index (Phi) is 5.77. The lowest BCUT2D eigenvalue weighted by molar-refractivity contribution is 0.131. The molecule has 122 valence electrons. The summed E-state index contributed by atoms with van der Waals surface area (Å²) in [6.07, 6.45) is -0.538. The highest BCUT2D eigenvalue weighted by molar-refractivity contribution is 5.85. The summed E-state index contributed by atoms with van der Waals surface area (Å²) in [5, 5.41) is 13.8. The zero-order valence-corrected chi connectivity index (χ0v) is 14.1. The highest BCUT2D eigenvalue weighted by Crippen LogP contribution is 2.28. The number of halogens is 1. The van der Waals surface area contributed by atoms with Crippen molar-refractivity contribution in [2.24, 2.45) is 0 Å². The van der Waals surface area contributed by atoms with E-state index in [0.717, 1.165) is 22.4 Å². The number of imidazole rings is 1. The van der Waals surface area contributed by atoms with E-state index in [1.54, 1.807) is 0 Å². The monoisotopic (exact) mass is 331 g/mol. The normalized spacial score (nSPS) is 13.5. The number of rotatable bonds is 5. The average Bonchev–Trinajstić information content (AvgIpc) is 2.86. The number of hydrogen-bond acceptors (Lipinski definition) is 3. The van der Waals surface area contributed by atoms with Gasteiger partial charge in [-0.3, -0.25) is 0 Å². The molecule has 2 unspecified atom stereocenters. The summed E-state index contributed by atoms with van der Waals surface area (Å²) in [6, 6.07) is 18.0. The number of nitrogens with zero attached hydrogens (tertiary/aromatic N) is 2. The third kappa shape index (κ3) is 3.39.